The number of carbonyl (C=O) groups excluding carboxylic acids is 4. The summed E-state index contributed by atoms with van der Waals surface area (Å²) in [5, 5.41) is 4.46. The first-order chi connectivity index (χ1) is 7.00. The predicted molar refractivity (Wildman–Crippen MR) is 48.6 cm³/mol. The number of hydrogen-bond acceptors (Lipinski definition) is 4. The van der Waals surface area contributed by atoms with Crippen LogP contribution < -0.4 is 10.6 Å². The van der Waals surface area contributed by atoms with Crippen molar-refractivity contribution >= 4 is 23.8 Å². The highest BCUT2D eigenvalue weighted by Crippen LogP contribution is 2.01. The van der Waals surface area contributed by atoms with Crippen LogP contribution in [0.5, 0.6) is 0 Å². The Morgan fingerprint density at radius 2 is 2.13 bits per heavy atom. The van der Waals surface area contributed by atoms with Crippen molar-refractivity contribution in [2.45, 2.75) is 13.3 Å². The van der Waals surface area contributed by atoms with E-state index < -0.39 is 17.8 Å². The van der Waals surface area contributed by atoms with Gasteiger partial charge in [0.1, 0.15) is 6.42 Å². The van der Waals surface area contributed by atoms with E-state index in [1.165, 1.54) is 6.92 Å². The van der Waals surface area contributed by atoms with E-state index in [9.17, 15) is 19.2 Å². The zero-order chi connectivity index (χ0) is 11.4. The van der Waals surface area contributed by atoms with Crippen molar-refractivity contribution in [2.75, 3.05) is 13.1 Å². The molecule has 1 saturated heterocycles. The van der Waals surface area contributed by atoms with Crippen LogP contribution in [0.3, 0.4) is 0 Å². The molecule has 1 rings (SSSR count). The first-order valence-electron chi connectivity index (χ1n) is 4.39. The van der Waals surface area contributed by atoms with Crippen LogP contribution in [0.2, 0.25) is 0 Å². The summed E-state index contributed by atoms with van der Waals surface area (Å²) < 4.78 is 0. The second kappa shape index (κ2) is 4.54. The Morgan fingerprint density at radius 1 is 1.47 bits per heavy atom. The molecule has 1 heterocycles. The van der Waals surface area contributed by atoms with Gasteiger partial charge in [0.2, 0.25) is 17.7 Å². The smallest absolute Gasteiger partial charge is 0.330 e. The fourth-order valence-corrected chi connectivity index (χ4v) is 1.15. The predicted octanol–water partition coefficient (Wildman–Crippen LogP) is -1.41. The molecule has 0 aromatic heterocycles. The molecule has 0 aromatic carbocycles. The SMILES string of the molecule is CC(=O)NCCN1C(=O)CC(=O)NC1=O. The highest BCUT2D eigenvalue weighted by atomic mass is 16.2. The summed E-state index contributed by atoms with van der Waals surface area (Å²) in [4.78, 5) is 44.6. The van der Waals surface area contributed by atoms with Gasteiger partial charge in [0.25, 0.3) is 0 Å². The van der Waals surface area contributed by atoms with Gasteiger partial charge in [0.15, 0.2) is 0 Å². The minimum Gasteiger partial charge on any atom is -0.355 e. The molecule has 1 aliphatic heterocycles. The number of amides is 5. The lowest BCUT2D eigenvalue weighted by molar-refractivity contribution is -0.136. The monoisotopic (exact) mass is 213 g/mol. The van der Waals surface area contributed by atoms with Crippen LogP contribution in [0.25, 0.3) is 0 Å². The Balaban J connectivity index is 2.46. The molecule has 0 saturated carbocycles. The zero-order valence-electron chi connectivity index (χ0n) is 8.20. The van der Waals surface area contributed by atoms with E-state index in [1.807, 2.05) is 5.32 Å². The molecule has 0 aliphatic carbocycles. The van der Waals surface area contributed by atoms with Crippen molar-refractivity contribution < 1.29 is 19.2 Å². The Labute approximate surface area is 85.8 Å². The molecule has 1 fully saturated rings. The van der Waals surface area contributed by atoms with Crippen LogP contribution in [0.4, 0.5) is 4.79 Å². The number of urea groups is 1. The van der Waals surface area contributed by atoms with E-state index in [1.54, 1.807) is 0 Å². The van der Waals surface area contributed by atoms with E-state index in [0.29, 0.717) is 0 Å². The number of nitrogens with zero attached hydrogens (tertiary/aromatic N) is 1. The summed E-state index contributed by atoms with van der Waals surface area (Å²) >= 11 is 0. The van der Waals surface area contributed by atoms with Crippen molar-refractivity contribution in [3.05, 3.63) is 0 Å². The molecule has 7 nitrogen and oxygen atoms in total. The van der Waals surface area contributed by atoms with Gasteiger partial charge >= 0.3 is 6.03 Å². The summed E-state index contributed by atoms with van der Waals surface area (Å²) in [6.07, 6.45) is -0.328. The molecule has 0 spiro atoms. The van der Waals surface area contributed by atoms with E-state index in [0.717, 1.165) is 4.90 Å². The molecule has 5 amide bonds. The van der Waals surface area contributed by atoms with Gasteiger partial charge in [0, 0.05) is 20.0 Å². The van der Waals surface area contributed by atoms with Crippen molar-refractivity contribution in [3.63, 3.8) is 0 Å². The lowest BCUT2D eigenvalue weighted by Crippen LogP contribution is -2.54. The van der Waals surface area contributed by atoms with E-state index >= 15 is 0 Å². The minimum atomic E-state index is -0.735. The normalized spacial score (nSPS) is 16.3. The molecular weight excluding hydrogens is 202 g/mol. The zero-order valence-corrected chi connectivity index (χ0v) is 8.20. The minimum absolute atomic E-state index is 0.0670. The molecule has 0 atom stereocenters. The summed E-state index contributed by atoms with van der Waals surface area (Å²) in [5.41, 5.74) is 0. The van der Waals surface area contributed by atoms with Gasteiger partial charge in [-0.05, 0) is 0 Å². The summed E-state index contributed by atoms with van der Waals surface area (Å²) in [6.45, 7) is 1.59. The Hall–Kier alpha value is -1.92. The van der Waals surface area contributed by atoms with E-state index in [4.69, 9.17) is 0 Å². The van der Waals surface area contributed by atoms with E-state index in [2.05, 4.69) is 5.32 Å². The molecule has 82 valence electrons. The third-order valence-electron chi connectivity index (χ3n) is 1.81. The maximum absolute atomic E-state index is 11.2. The van der Waals surface area contributed by atoms with Crippen LogP contribution in [0, 0.1) is 0 Å². The van der Waals surface area contributed by atoms with Crippen LogP contribution in [0.15, 0.2) is 0 Å². The van der Waals surface area contributed by atoms with E-state index in [-0.39, 0.29) is 25.4 Å². The number of imide groups is 2. The van der Waals surface area contributed by atoms with Crippen LogP contribution in [0.1, 0.15) is 13.3 Å². The average molecular weight is 213 g/mol. The first-order valence-corrected chi connectivity index (χ1v) is 4.39. The maximum Gasteiger partial charge on any atom is 0.330 e. The molecular formula is C8H11N3O4. The Kier molecular flexibility index (Phi) is 3.37. The van der Waals surface area contributed by atoms with Crippen LogP contribution in [-0.4, -0.2) is 41.7 Å². The van der Waals surface area contributed by atoms with Crippen molar-refractivity contribution in [1.82, 2.24) is 15.5 Å². The summed E-state index contributed by atoms with van der Waals surface area (Å²) in [6, 6.07) is -0.735. The van der Waals surface area contributed by atoms with Gasteiger partial charge in [-0.15, -0.1) is 0 Å². The second-order valence-electron chi connectivity index (χ2n) is 3.06. The molecule has 2 N–H and O–H groups in total. The Morgan fingerprint density at radius 3 is 2.67 bits per heavy atom. The van der Waals surface area contributed by atoms with Crippen LogP contribution >= 0.6 is 0 Å². The molecule has 7 heteroatoms. The lowest BCUT2D eigenvalue weighted by Gasteiger charge is -2.24. The third-order valence-corrected chi connectivity index (χ3v) is 1.81. The molecule has 0 unspecified atom stereocenters. The molecule has 15 heavy (non-hydrogen) atoms. The molecule has 0 aromatic rings. The molecule has 0 bridgehead atoms. The number of nitrogens with one attached hydrogen (secondary N) is 2. The number of rotatable bonds is 3. The number of hydrogen-bond donors (Lipinski definition) is 2. The van der Waals surface area contributed by atoms with Gasteiger partial charge < -0.3 is 5.32 Å². The van der Waals surface area contributed by atoms with Crippen molar-refractivity contribution in [3.8, 4) is 0 Å². The van der Waals surface area contributed by atoms with Crippen LogP contribution in [-0.2, 0) is 14.4 Å². The fraction of sp³-hybridized carbons (Fsp3) is 0.500. The fourth-order valence-electron chi connectivity index (χ4n) is 1.15. The average Bonchev–Trinajstić information content (AvgIpc) is 2.08. The third kappa shape index (κ3) is 3.04. The number of carbonyl (C=O) groups is 4. The van der Waals surface area contributed by atoms with Crippen molar-refractivity contribution in [2.24, 2.45) is 0 Å². The highest BCUT2D eigenvalue weighted by Gasteiger charge is 2.29. The summed E-state index contributed by atoms with van der Waals surface area (Å²) in [7, 11) is 0. The number of barbiturate groups is 1. The highest BCUT2D eigenvalue weighted by molar-refractivity contribution is 6.14. The Bertz CT molecular complexity index is 306. The maximum atomic E-state index is 11.2. The standard InChI is InChI=1S/C8H11N3O4/c1-5(12)9-2-3-11-7(14)4-6(13)10-8(11)15/h2-4H2,1H3,(H,9,12)(H,10,13,15). The second-order valence-corrected chi connectivity index (χ2v) is 3.06. The molecule has 1 aliphatic rings. The summed E-state index contributed by atoms with van der Waals surface area (Å²) in [5.74, 6) is -1.38. The largest absolute Gasteiger partial charge is 0.355 e. The lowest BCUT2D eigenvalue weighted by atomic mass is 10.3. The topological polar surface area (TPSA) is 95.6 Å². The first kappa shape index (κ1) is 11.2. The molecule has 0 radical (unpaired) electrons. The van der Waals surface area contributed by atoms with Gasteiger partial charge in [0.05, 0.1) is 0 Å². The van der Waals surface area contributed by atoms with Crippen molar-refractivity contribution in [1.29, 1.82) is 0 Å². The van der Waals surface area contributed by atoms with Gasteiger partial charge in [-0.3, -0.25) is 24.6 Å². The van der Waals surface area contributed by atoms with Gasteiger partial charge in [-0.25, -0.2) is 4.79 Å². The van der Waals surface area contributed by atoms with Gasteiger partial charge in [-0.2, -0.15) is 0 Å². The van der Waals surface area contributed by atoms with Gasteiger partial charge in [-0.1, -0.05) is 0 Å². The quantitative estimate of drug-likeness (QED) is 0.563.